The largest absolute Gasteiger partial charge is 0.492 e. The van der Waals surface area contributed by atoms with Gasteiger partial charge < -0.3 is 18.9 Å². The van der Waals surface area contributed by atoms with Crippen molar-refractivity contribution >= 4 is 35.1 Å². The SMILES string of the molecule is C=CCCCCOc1ccc(C(=O)Oc2ccc(OC(=O)c3ccc(OCCCCC=C)c(Cl)c3)cc2)cc1Cl. The van der Waals surface area contributed by atoms with Crippen LogP contribution in [0, 0.1) is 0 Å². The smallest absolute Gasteiger partial charge is 0.343 e. The maximum absolute atomic E-state index is 12.6. The summed E-state index contributed by atoms with van der Waals surface area (Å²) >= 11 is 12.6. The van der Waals surface area contributed by atoms with Gasteiger partial charge in [-0.3, -0.25) is 0 Å². The van der Waals surface area contributed by atoms with E-state index in [0.717, 1.165) is 38.5 Å². The van der Waals surface area contributed by atoms with E-state index in [9.17, 15) is 9.59 Å². The van der Waals surface area contributed by atoms with Crippen LogP contribution in [-0.2, 0) is 0 Å². The van der Waals surface area contributed by atoms with Crippen LogP contribution >= 0.6 is 23.2 Å². The average molecular weight is 584 g/mol. The summed E-state index contributed by atoms with van der Waals surface area (Å²) in [6.07, 6.45) is 9.33. The summed E-state index contributed by atoms with van der Waals surface area (Å²) in [6, 6.07) is 15.6. The summed E-state index contributed by atoms with van der Waals surface area (Å²) in [7, 11) is 0. The van der Waals surface area contributed by atoms with Crippen LogP contribution in [0.15, 0.2) is 86.0 Å². The number of hydrogen-bond acceptors (Lipinski definition) is 6. The molecular formula is C32H32Cl2O6. The van der Waals surface area contributed by atoms with Crippen LogP contribution in [0.4, 0.5) is 0 Å². The number of halogens is 2. The molecule has 3 aromatic carbocycles. The molecule has 210 valence electrons. The summed E-state index contributed by atoms with van der Waals surface area (Å²) in [4.78, 5) is 25.2. The van der Waals surface area contributed by atoms with Crippen molar-refractivity contribution in [3.63, 3.8) is 0 Å². The Balaban J connectivity index is 1.50. The van der Waals surface area contributed by atoms with E-state index in [0.29, 0.717) is 34.8 Å². The molecule has 0 aliphatic carbocycles. The van der Waals surface area contributed by atoms with Gasteiger partial charge in [0.05, 0.1) is 34.4 Å². The molecule has 0 bridgehead atoms. The first-order chi connectivity index (χ1) is 19.4. The minimum Gasteiger partial charge on any atom is -0.492 e. The minimum absolute atomic E-state index is 0.278. The van der Waals surface area contributed by atoms with E-state index in [1.165, 1.54) is 36.4 Å². The van der Waals surface area contributed by atoms with Crippen LogP contribution in [0.2, 0.25) is 10.0 Å². The molecule has 8 heteroatoms. The van der Waals surface area contributed by atoms with Gasteiger partial charge in [-0.2, -0.15) is 0 Å². The van der Waals surface area contributed by atoms with Gasteiger partial charge in [-0.25, -0.2) is 9.59 Å². The van der Waals surface area contributed by atoms with Crippen LogP contribution in [-0.4, -0.2) is 25.2 Å². The molecule has 3 rings (SSSR count). The first-order valence-corrected chi connectivity index (χ1v) is 13.8. The van der Waals surface area contributed by atoms with Crippen molar-refractivity contribution in [2.24, 2.45) is 0 Å². The molecule has 0 aliphatic heterocycles. The molecule has 0 atom stereocenters. The van der Waals surface area contributed by atoms with Gasteiger partial charge in [0, 0.05) is 0 Å². The zero-order valence-corrected chi connectivity index (χ0v) is 23.7. The molecule has 0 aromatic heterocycles. The maximum Gasteiger partial charge on any atom is 0.343 e. The zero-order valence-electron chi connectivity index (χ0n) is 22.2. The van der Waals surface area contributed by atoms with Crippen molar-refractivity contribution in [3.05, 3.63) is 107 Å². The first-order valence-electron chi connectivity index (χ1n) is 13.0. The lowest BCUT2D eigenvalue weighted by Crippen LogP contribution is -2.10. The van der Waals surface area contributed by atoms with E-state index in [1.807, 2.05) is 12.2 Å². The number of carbonyl (C=O) groups is 2. The maximum atomic E-state index is 12.6. The summed E-state index contributed by atoms with van der Waals surface area (Å²) < 4.78 is 22.2. The third-order valence-corrected chi connectivity index (χ3v) is 6.29. The van der Waals surface area contributed by atoms with Gasteiger partial charge in [-0.15, -0.1) is 13.2 Å². The van der Waals surface area contributed by atoms with E-state index >= 15 is 0 Å². The monoisotopic (exact) mass is 582 g/mol. The molecular weight excluding hydrogens is 551 g/mol. The Bertz CT molecular complexity index is 1200. The number of hydrogen-bond donors (Lipinski definition) is 0. The highest BCUT2D eigenvalue weighted by Crippen LogP contribution is 2.28. The predicted molar refractivity (Wildman–Crippen MR) is 158 cm³/mol. The lowest BCUT2D eigenvalue weighted by atomic mass is 10.2. The van der Waals surface area contributed by atoms with Gasteiger partial charge in [0.15, 0.2) is 0 Å². The van der Waals surface area contributed by atoms with Gasteiger partial charge in [0.25, 0.3) is 0 Å². The molecule has 0 aliphatic rings. The summed E-state index contributed by atoms with van der Waals surface area (Å²) in [5.74, 6) is 0.405. The number of unbranched alkanes of at least 4 members (excludes halogenated alkanes) is 4. The van der Waals surface area contributed by atoms with Crippen molar-refractivity contribution in [1.82, 2.24) is 0 Å². The first kappa shape index (κ1) is 30.8. The Labute approximate surface area is 245 Å². The molecule has 0 amide bonds. The van der Waals surface area contributed by atoms with Crippen molar-refractivity contribution in [2.75, 3.05) is 13.2 Å². The van der Waals surface area contributed by atoms with Crippen LogP contribution in [0.3, 0.4) is 0 Å². The topological polar surface area (TPSA) is 71.1 Å². The Kier molecular flexibility index (Phi) is 12.6. The molecule has 3 aromatic rings. The fourth-order valence-electron chi connectivity index (χ4n) is 3.54. The van der Waals surface area contributed by atoms with Crippen LogP contribution < -0.4 is 18.9 Å². The molecule has 0 saturated heterocycles. The van der Waals surface area contributed by atoms with Crippen LogP contribution in [0.5, 0.6) is 23.0 Å². The van der Waals surface area contributed by atoms with Crippen molar-refractivity contribution in [1.29, 1.82) is 0 Å². The number of esters is 2. The molecule has 0 radical (unpaired) electrons. The molecule has 0 unspecified atom stereocenters. The Morgan fingerprint density at radius 1 is 0.625 bits per heavy atom. The number of rotatable bonds is 16. The second-order valence-corrected chi connectivity index (χ2v) is 9.62. The lowest BCUT2D eigenvalue weighted by molar-refractivity contribution is 0.0719. The Hall–Kier alpha value is -3.74. The highest BCUT2D eigenvalue weighted by Gasteiger charge is 2.14. The Morgan fingerprint density at radius 3 is 1.38 bits per heavy atom. The molecule has 0 spiro atoms. The van der Waals surface area contributed by atoms with E-state index in [1.54, 1.807) is 24.3 Å². The van der Waals surface area contributed by atoms with Crippen LogP contribution in [0.1, 0.15) is 59.2 Å². The summed E-state index contributed by atoms with van der Waals surface area (Å²) in [6.45, 7) is 8.44. The van der Waals surface area contributed by atoms with Gasteiger partial charge in [0.1, 0.15) is 23.0 Å². The number of carbonyl (C=O) groups excluding carboxylic acids is 2. The number of allylic oxidation sites excluding steroid dienone is 2. The second kappa shape index (κ2) is 16.4. The van der Waals surface area contributed by atoms with Crippen molar-refractivity contribution in [2.45, 2.75) is 38.5 Å². The molecule has 6 nitrogen and oxygen atoms in total. The van der Waals surface area contributed by atoms with Gasteiger partial charge in [-0.1, -0.05) is 35.4 Å². The lowest BCUT2D eigenvalue weighted by Gasteiger charge is -2.10. The van der Waals surface area contributed by atoms with E-state index in [-0.39, 0.29) is 22.6 Å². The van der Waals surface area contributed by atoms with Crippen molar-refractivity contribution in [3.8, 4) is 23.0 Å². The van der Waals surface area contributed by atoms with Gasteiger partial charge in [0.2, 0.25) is 0 Å². The van der Waals surface area contributed by atoms with Crippen LogP contribution in [0.25, 0.3) is 0 Å². The van der Waals surface area contributed by atoms with Crippen molar-refractivity contribution < 1.29 is 28.5 Å². The molecule has 40 heavy (non-hydrogen) atoms. The number of ether oxygens (including phenoxy) is 4. The third kappa shape index (κ3) is 9.78. The molecule has 0 saturated carbocycles. The third-order valence-electron chi connectivity index (χ3n) is 5.70. The highest BCUT2D eigenvalue weighted by atomic mass is 35.5. The molecule has 0 fully saturated rings. The predicted octanol–water partition coefficient (Wildman–Crippen LogP) is 8.90. The molecule has 0 heterocycles. The normalized spacial score (nSPS) is 10.4. The minimum atomic E-state index is -0.582. The number of benzene rings is 3. The van der Waals surface area contributed by atoms with Gasteiger partial charge >= 0.3 is 11.9 Å². The average Bonchev–Trinajstić information content (AvgIpc) is 2.95. The fraction of sp³-hybridized carbons (Fsp3) is 0.250. The highest BCUT2D eigenvalue weighted by molar-refractivity contribution is 6.32. The fourth-order valence-corrected chi connectivity index (χ4v) is 4.01. The second-order valence-electron chi connectivity index (χ2n) is 8.81. The van der Waals surface area contributed by atoms with E-state index in [2.05, 4.69) is 13.2 Å². The summed E-state index contributed by atoms with van der Waals surface area (Å²) in [5, 5.41) is 0.646. The molecule has 0 N–H and O–H groups in total. The standard InChI is InChI=1S/C32H32Cl2O6/c1-3-5-7-9-19-37-29-17-11-23(21-27(29)33)31(35)39-25-13-15-26(16-14-25)40-32(36)24-12-18-30(28(34)22-24)38-20-10-8-6-4-2/h3-4,11-18,21-22H,1-2,5-10,19-20H2. The van der Waals surface area contributed by atoms with Gasteiger partial charge in [-0.05, 0) is 99.2 Å². The Morgan fingerprint density at radius 2 is 1.02 bits per heavy atom. The van der Waals surface area contributed by atoms with E-state index < -0.39 is 11.9 Å². The zero-order chi connectivity index (χ0) is 28.7. The summed E-state index contributed by atoms with van der Waals surface area (Å²) in [5.41, 5.74) is 0.557. The van der Waals surface area contributed by atoms with E-state index in [4.69, 9.17) is 42.1 Å². The quantitative estimate of drug-likeness (QED) is 0.0726.